The van der Waals surface area contributed by atoms with Crippen molar-refractivity contribution < 1.29 is 14.3 Å². The van der Waals surface area contributed by atoms with E-state index in [1.165, 1.54) is 0 Å². The Bertz CT molecular complexity index is 975. The molecule has 0 saturated heterocycles. The van der Waals surface area contributed by atoms with Gasteiger partial charge in [-0.25, -0.2) is 4.79 Å². The van der Waals surface area contributed by atoms with Gasteiger partial charge < -0.3 is 4.74 Å². The highest BCUT2D eigenvalue weighted by Gasteiger charge is 2.15. The Balaban J connectivity index is 1.91. The van der Waals surface area contributed by atoms with Crippen molar-refractivity contribution >= 4 is 31.1 Å². The summed E-state index contributed by atoms with van der Waals surface area (Å²) in [5, 5.41) is 1.88. The van der Waals surface area contributed by atoms with Crippen LogP contribution in [-0.4, -0.2) is 31.9 Å². The van der Waals surface area contributed by atoms with Crippen LogP contribution in [0, 0.1) is 0 Å². The van der Waals surface area contributed by atoms with Crippen molar-refractivity contribution in [3.8, 4) is 11.1 Å². The molecule has 0 radical (unpaired) electrons. The minimum Gasteiger partial charge on any atom is -0.462 e. The highest BCUT2D eigenvalue weighted by molar-refractivity contribution is 6.76. The molecule has 3 rings (SSSR count). The lowest BCUT2D eigenvalue weighted by Gasteiger charge is -2.15. The molecule has 0 amide bonds. The number of rotatable bonds is 6. The first kappa shape index (κ1) is 19.0. The summed E-state index contributed by atoms with van der Waals surface area (Å²) in [5.74, 6) is -0.297. The number of pyridine rings is 1. The second kappa shape index (κ2) is 7.84. The fraction of sp³-hybridized carbons (Fsp3) is 0.227. The van der Waals surface area contributed by atoms with Crippen LogP contribution in [0.4, 0.5) is 0 Å². The van der Waals surface area contributed by atoms with Crippen molar-refractivity contribution in [3.05, 3.63) is 66.0 Å². The number of carbonyl (C=O) groups excluding carboxylic acids is 2. The Labute approximate surface area is 160 Å². The molecule has 0 aliphatic heterocycles. The standard InChI is InChI=1S/C22H23NO3Si/c1-27(2,3)11-10-26-22(25)18-8-9-19-13-23-14-21(20(19)12-18)17-6-4-16(15-24)5-7-17/h4-9,12-15H,10-11H2,1-3H3. The lowest BCUT2D eigenvalue weighted by atomic mass is 9.98. The molecule has 0 saturated carbocycles. The van der Waals surface area contributed by atoms with Gasteiger partial charge in [0.1, 0.15) is 6.29 Å². The van der Waals surface area contributed by atoms with Crippen LogP contribution in [-0.2, 0) is 4.74 Å². The van der Waals surface area contributed by atoms with Gasteiger partial charge in [-0.3, -0.25) is 9.78 Å². The largest absolute Gasteiger partial charge is 0.462 e. The first-order valence-electron chi connectivity index (χ1n) is 8.98. The van der Waals surface area contributed by atoms with Gasteiger partial charge in [0.2, 0.25) is 0 Å². The van der Waals surface area contributed by atoms with E-state index in [0.29, 0.717) is 17.7 Å². The number of aldehydes is 1. The van der Waals surface area contributed by atoms with Gasteiger partial charge in [-0.05, 0) is 29.1 Å². The Hall–Kier alpha value is -2.79. The molecule has 4 nitrogen and oxygen atoms in total. The smallest absolute Gasteiger partial charge is 0.338 e. The fourth-order valence-electron chi connectivity index (χ4n) is 2.80. The molecule has 0 atom stereocenters. The van der Waals surface area contributed by atoms with Crippen molar-refractivity contribution in [1.82, 2.24) is 4.98 Å². The van der Waals surface area contributed by atoms with Gasteiger partial charge in [0.05, 0.1) is 12.2 Å². The minimum atomic E-state index is -1.24. The number of esters is 1. The second-order valence-corrected chi connectivity index (χ2v) is 13.4. The highest BCUT2D eigenvalue weighted by Crippen LogP contribution is 2.29. The monoisotopic (exact) mass is 377 g/mol. The third-order valence-corrected chi connectivity index (χ3v) is 6.14. The molecule has 1 aromatic heterocycles. The molecule has 27 heavy (non-hydrogen) atoms. The molecule has 3 aromatic rings. The van der Waals surface area contributed by atoms with E-state index in [9.17, 15) is 9.59 Å². The first-order chi connectivity index (χ1) is 12.9. The third kappa shape index (κ3) is 4.68. The summed E-state index contributed by atoms with van der Waals surface area (Å²) < 4.78 is 5.47. The Morgan fingerprint density at radius 1 is 1.07 bits per heavy atom. The quantitative estimate of drug-likeness (QED) is 0.336. The predicted octanol–water partition coefficient (Wildman–Crippen LogP) is 5.21. The summed E-state index contributed by atoms with van der Waals surface area (Å²) in [4.78, 5) is 27.6. The molecule has 0 N–H and O–H groups in total. The Kier molecular flexibility index (Phi) is 5.51. The zero-order valence-corrected chi connectivity index (χ0v) is 16.9. The number of benzene rings is 2. The van der Waals surface area contributed by atoms with Crippen molar-refractivity contribution in [2.45, 2.75) is 25.7 Å². The number of hydrogen-bond donors (Lipinski definition) is 0. The van der Waals surface area contributed by atoms with Crippen LogP contribution < -0.4 is 0 Å². The van der Waals surface area contributed by atoms with E-state index in [2.05, 4.69) is 24.6 Å². The number of aromatic nitrogens is 1. The average molecular weight is 378 g/mol. The molecule has 2 aromatic carbocycles. The number of hydrogen-bond acceptors (Lipinski definition) is 4. The zero-order chi connectivity index (χ0) is 19.4. The number of nitrogens with zero attached hydrogens (tertiary/aromatic N) is 1. The van der Waals surface area contributed by atoms with Crippen LogP contribution in [0.5, 0.6) is 0 Å². The molecular formula is C22H23NO3Si. The van der Waals surface area contributed by atoms with Gasteiger partial charge in [-0.1, -0.05) is 50.0 Å². The average Bonchev–Trinajstić information content (AvgIpc) is 2.66. The van der Waals surface area contributed by atoms with E-state index in [-0.39, 0.29) is 5.97 Å². The maximum atomic E-state index is 12.4. The molecule has 0 spiro atoms. The SMILES string of the molecule is C[Si](C)(C)CCOC(=O)c1ccc2cncc(-c3ccc(C=O)cc3)c2c1. The van der Waals surface area contributed by atoms with Gasteiger partial charge >= 0.3 is 5.97 Å². The second-order valence-electron chi connectivity index (χ2n) is 7.81. The fourth-order valence-corrected chi connectivity index (χ4v) is 3.51. The maximum absolute atomic E-state index is 12.4. The van der Waals surface area contributed by atoms with E-state index >= 15 is 0 Å². The summed E-state index contributed by atoms with van der Waals surface area (Å²) in [6.45, 7) is 7.23. The van der Waals surface area contributed by atoms with Crippen molar-refractivity contribution in [2.75, 3.05) is 6.61 Å². The maximum Gasteiger partial charge on any atom is 0.338 e. The molecule has 0 fully saturated rings. The molecule has 1 heterocycles. The highest BCUT2D eigenvalue weighted by atomic mass is 28.3. The van der Waals surface area contributed by atoms with E-state index in [1.807, 2.05) is 24.3 Å². The van der Waals surface area contributed by atoms with E-state index in [0.717, 1.165) is 34.2 Å². The zero-order valence-electron chi connectivity index (χ0n) is 15.9. The molecule has 0 bridgehead atoms. The number of ether oxygens (including phenoxy) is 1. The van der Waals surface area contributed by atoms with Crippen LogP contribution in [0.15, 0.2) is 54.9 Å². The lowest BCUT2D eigenvalue weighted by molar-refractivity contribution is 0.0525. The Morgan fingerprint density at radius 3 is 2.48 bits per heavy atom. The third-order valence-electron chi connectivity index (χ3n) is 4.44. The molecule has 0 unspecified atom stereocenters. The summed E-state index contributed by atoms with van der Waals surface area (Å²) in [7, 11) is -1.24. The Morgan fingerprint density at radius 2 is 1.81 bits per heavy atom. The van der Waals surface area contributed by atoms with Crippen LogP contribution in [0.3, 0.4) is 0 Å². The summed E-state index contributed by atoms with van der Waals surface area (Å²) in [6.07, 6.45) is 4.37. The number of carbonyl (C=O) groups is 2. The summed E-state index contributed by atoms with van der Waals surface area (Å²) >= 11 is 0. The molecular weight excluding hydrogens is 354 g/mol. The van der Waals surface area contributed by atoms with Crippen LogP contribution in [0.2, 0.25) is 25.7 Å². The van der Waals surface area contributed by atoms with Gasteiger partial charge in [-0.15, -0.1) is 0 Å². The number of fused-ring (bicyclic) bond motifs is 1. The van der Waals surface area contributed by atoms with Gasteiger partial charge in [-0.2, -0.15) is 0 Å². The van der Waals surface area contributed by atoms with Gasteiger partial charge in [0.15, 0.2) is 0 Å². The van der Waals surface area contributed by atoms with Crippen molar-refractivity contribution in [3.63, 3.8) is 0 Å². The predicted molar refractivity (Wildman–Crippen MR) is 111 cm³/mol. The molecule has 5 heteroatoms. The molecule has 138 valence electrons. The van der Waals surface area contributed by atoms with Gasteiger partial charge in [0.25, 0.3) is 0 Å². The summed E-state index contributed by atoms with van der Waals surface area (Å²) in [5.41, 5.74) is 3.03. The van der Waals surface area contributed by atoms with Gasteiger partial charge in [0, 0.05) is 37.0 Å². The van der Waals surface area contributed by atoms with E-state index in [1.54, 1.807) is 30.6 Å². The van der Waals surface area contributed by atoms with Crippen molar-refractivity contribution in [2.24, 2.45) is 0 Å². The molecule has 0 aliphatic carbocycles. The van der Waals surface area contributed by atoms with Crippen LogP contribution in [0.25, 0.3) is 21.9 Å². The van der Waals surface area contributed by atoms with E-state index < -0.39 is 8.07 Å². The van der Waals surface area contributed by atoms with E-state index in [4.69, 9.17) is 4.74 Å². The van der Waals surface area contributed by atoms with Crippen LogP contribution in [0.1, 0.15) is 20.7 Å². The molecule has 0 aliphatic rings. The topological polar surface area (TPSA) is 56.3 Å². The first-order valence-corrected chi connectivity index (χ1v) is 12.7. The van der Waals surface area contributed by atoms with Crippen LogP contribution >= 0.6 is 0 Å². The van der Waals surface area contributed by atoms with Crippen molar-refractivity contribution in [1.29, 1.82) is 0 Å². The lowest BCUT2D eigenvalue weighted by Crippen LogP contribution is -2.22. The minimum absolute atomic E-state index is 0.297. The normalized spacial score (nSPS) is 11.4. The summed E-state index contributed by atoms with van der Waals surface area (Å²) in [6, 6.07) is 13.8.